The van der Waals surface area contributed by atoms with E-state index in [1.54, 1.807) is 0 Å². The van der Waals surface area contributed by atoms with Crippen molar-refractivity contribution in [3.8, 4) is 0 Å². The van der Waals surface area contributed by atoms with Crippen molar-refractivity contribution in [2.24, 2.45) is 5.92 Å². The van der Waals surface area contributed by atoms with E-state index in [9.17, 15) is 4.79 Å². The molecule has 1 aromatic heterocycles. The first-order valence-corrected chi connectivity index (χ1v) is 10.4. The van der Waals surface area contributed by atoms with E-state index in [2.05, 4.69) is 40.8 Å². The van der Waals surface area contributed by atoms with Crippen molar-refractivity contribution in [3.63, 3.8) is 0 Å². The Kier molecular flexibility index (Phi) is 5.76. The minimum absolute atomic E-state index is 0.132. The SMILES string of the molecule is C[C@@H]1CN(C(=O)CN2C[C@@H]3CC[C@H]2CN(Cc2ccccn2)C3)C[C@H](C)O1. The van der Waals surface area contributed by atoms with Gasteiger partial charge >= 0.3 is 0 Å². The fourth-order valence-electron chi connectivity index (χ4n) is 4.97. The Morgan fingerprint density at radius 1 is 1.11 bits per heavy atom. The van der Waals surface area contributed by atoms with E-state index in [1.165, 1.54) is 12.8 Å². The van der Waals surface area contributed by atoms with Gasteiger partial charge in [-0.2, -0.15) is 0 Å². The molecule has 1 amide bonds. The summed E-state index contributed by atoms with van der Waals surface area (Å²) in [4.78, 5) is 24.4. The number of piperidine rings is 1. The molecule has 4 aliphatic heterocycles. The second-order valence-electron chi connectivity index (χ2n) is 8.60. The van der Waals surface area contributed by atoms with Crippen molar-refractivity contribution < 1.29 is 9.53 Å². The van der Waals surface area contributed by atoms with Crippen molar-refractivity contribution in [1.29, 1.82) is 0 Å². The molecule has 0 radical (unpaired) electrons. The third-order valence-electron chi connectivity index (χ3n) is 6.13. The first-order valence-electron chi connectivity index (χ1n) is 10.4. The summed E-state index contributed by atoms with van der Waals surface area (Å²) in [6.07, 6.45) is 4.61. The van der Waals surface area contributed by atoms with Crippen LogP contribution >= 0.6 is 0 Å². The fraction of sp³-hybridized carbons (Fsp3) is 0.714. The smallest absolute Gasteiger partial charge is 0.236 e. The van der Waals surface area contributed by atoms with Gasteiger partial charge in [-0.25, -0.2) is 0 Å². The van der Waals surface area contributed by atoms with Crippen LogP contribution in [0.5, 0.6) is 0 Å². The zero-order valence-corrected chi connectivity index (χ0v) is 16.6. The quantitative estimate of drug-likeness (QED) is 0.804. The molecule has 5 heterocycles. The van der Waals surface area contributed by atoms with Crippen LogP contribution < -0.4 is 0 Å². The molecule has 5 rings (SSSR count). The molecule has 0 spiro atoms. The van der Waals surface area contributed by atoms with Crippen molar-refractivity contribution in [1.82, 2.24) is 19.7 Å². The molecule has 4 aliphatic rings. The number of amides is 1. The van der Waals surface area contributed by atoms with Crippen molar-refractivity contribution in [2.45, 2.75) is 51.5 Å². The lowest BCUT2D eigenvalue weighted by Crippen LogP contribution is -2.53. The van der Waals surface area contributed by atoms with Gasteiger partial charge in [-0.15, -0.1) is 0 Å². The van der Waals surface area contributed by atoms with Gasteiger partial charge in [-0.3, -0.25) is 19.6 Å². The van der Waals surface area contributed by atoms with E-state index in [-0.39, 0.29) is 18.1 Å². The summed E-state index contributed by atoms with van der Waals surface area (Å²) in [6.45, 7) is 10.2. The van der Waals surface area contributed by atoms with Gasteiger partial charge in [-0.1, -0.05) is 6.07 Å². The van der Waals surface area contributed by atoms with Crippen LogP contribution in [0.2, 0.25) is 0 Å². The van der Waals surface area contributed by atoms with Crippen molar-refractivity contribution in [3.05, 3.63) is 30.1 Å². The molecule has 148 valence electrons. The lowest BCUT2D eigenvalue weighted by atomic mass is 9.95. The standard InChI is InChI=1S/C21H32N4O2/c1-16-9-25(10-17(2)27-16)21(26)15-24-12-18-6-7-20(24)14-23(11-18)13-19-5-3-4-8-22-19/h3-5,8,16-18,20H,6-7,9-15H2,1-2H3/t16-,17+,18-,20+/m1/s1. The zero-order valence-electron chi connectivity index (χ0n) is 16.6. The molecule has 1 aromatic rings. The second-order valence-corrected chi connectivity index (χ2v) is 8.60. The summed E-state index contributed by atoms with van der Waals surface area (Å²) in [5, 5.41) is 0. The Bertz CT molecular complexity index is 630. The molecule has 2 bridgehead atoms. The number of rotatable bonds is 4. The highest BCUT2D eigenvalue weighted by atomic mass is 16.5. The van der Waals surface area contributed by atoms with Gasteiger partial charge in [0.05, 0.1) is 24.4 Å². The number of hydrogen-bond donors (Lipinski definition) is 0. The minimum atomic E-state index is 0.132. The van der Waals surface area contributed by atoms with E-state index in [0.29, 0.717) is 18.5 Å². The van der Waals surface area contributed by atoms with Crippen molar-refractivity contribution >= 4 is 5.91 Å². The predicted octanol–water partition coefficient (Wildman–Crippen LogP) is 1.61. The van der Waals surface area contributed by atoms with Crippen LogP contribution in [0.1, 0.15) is 32.4 Å². The average Bonchev–Trinajstić information content (AvgIpc) is 2.92. The van der Waals surface area contributed by atoms with E-state index < -0.39 is 0 Å². The van der Waals surface area contributed by atoms with Gasteiger partial charge in [0.25, 0.3) is 0 Å². The average molecular weight is 373 g/mol. The number of nitrogens with zero attached hydrogens (tertiary/aromatic N) is 4. The molecule has 0 aromatic carbocycles. The Morgan fingerprint density at radius 3 is 2.67 bits per heavy atom. The number of ether oxygens (including phenoxy) is 1. The van der Waals surface area contributed by atoms with Crippen LogP contribution in [0, 0.1) is 5.92 Å². The van der Waals surface area contributed by atoms with E-state index >= 15 is 0 Å². The van der Waals surface area contributed by atoms with Crippen LogP contribution in [0.25, 0.3) is 0 Å². The molecule has 27 heavy (non-hydrogen) atoms. The van der Waals surface area contributed by atoms with Gasteiger partial charge in [0.2, 0.25) is 5.91 Å². The summed E-state index contributed by atoms with van der Waals surface area (Å²) in [7, 11) is 0. The highest BCUT2D eigenvalue weighted by molar-refractivity contribution is 5.78. The summed E-state index contributed by atoms with van der Waals surface area (Å²) < 4.78 is 5.78. The third-order valence-corrected chi connectivity index (χ3v) is 6.13. The molecule has 0 unspecified atom stereocenters. The topological polar surface area (TPSA) is 48.9 Å². The molecule has 6 nitrogen and oxygen atoms in total. The first kappa shape index (κ1) is 18.8. The van der Waals surface area contributed by atoms with Gasteiger partial charge in [0, 0.05) is 51.5 Å². The van der Waals surface area contributed by atoms with Crippen LogP contribution in [0.15, 0.2) is 24.4 Å². The highest BCUT2D eigenvalue weighted by Crippen LogP contribution is 2.28. The van der Waals surface area contributed by atoms with Crippen LogP contribution in [0.4, 0.5) is 0 Å². The van der Waals surface area contributed by atoms with E-state index in [1.807, 2.05) is 17.2 Å². The summed E-state index contributed by atoms with van der Waals surface area (Å²) in [5.41, 5.74) is 1.14. The van der Waals surface area contributed by atoms with Crippen LogP contribution in [-0.4, -0.2) is 83.1 Å². The molecule has 0 aliphatic carbocycles. The Hall–Kier alpha value is -1.50. The first-order chi connectivity index (χ1) is 13.1. The molecule has 4 saturated heterocycles. The number of carbonyl (C=O) groups is 1. The largest absolute Gasteiger partial charge is 0.372 e. The summed E-state index contributed by atoms with van der Waals surface area (Å²) >= 11 is 0. The number of carbonyl (C=O) groups excluding carboxylic acids is 1. The van der Waals surface area contributed by atoms with Gasteiger partial charge in [-0.05, 0) is 44.7 Å². The maximum absolute atomic E-state index is 12.9. The zero-order chi connectivity index (χ0) is 18.8. The van der Waals surface area contributed by atoms with Crippen LogP contribution in [0.3, 0.4) is 0 Å². The molecule has 6 heteroatoms. The van der Waals surface area contributed by atoms with Crippen LogP contribution in [-0.2, 0) is 16.1 Å². The minimum Gasteiger partial charge on any atom is -0.372 e. The lowest BCUT2D eigenvalue weighted by Gasteiger charge is -2.39. The van der Waals surface area contributed by atoms with Gasteiger partial charge in [0.15, 0.2) is 0 Å². The molecule has 4 atom stereocenters. The number of aromatic nitrogens is 1. The number of fused-ring (bicyclic) bond motifs is 4. The number of hydrogen-bond acceptors (Lipinski definition) is 5. The second kappa shape index (κ2) is 8.25. The van der Waals surface area contributed by atoms with E-state index in [4.69, 9.17) is 4.74 Å². The molecule has 4 fully saturated rings. The summed E-state index contributed by atoms with van der Waals surface area (Å²) in [6, 6.07) is 6.61. The normalized spacial score (nSPS) is 32.4. The van der Waals surface area contributed by atoms with Gasteiger partial charge in [0.1, 0.15) is 0 Å². The highest BCUT2D eigenvalue weighted by Gasteiger charge is 2.37. The molecule has 0 saturated carbocycles. The van der Waals surface area contributed by atoms with Gasteiger partial charge < -0.3 is 9.64 Å². The lowest BCUT2D eigenvalue weighted by molar-refractivity contribution is -0.145. The van der Waals surface area contributed by atoms with Crippen molar-refractivity contribution in [2.75, 3.05) is 39.3 Å². The molecule has 0 N–H and O–H groups in total. The Balaban J connectivity index is 1.37. The Labute approximate surface area is 162 Å². The maximum atomic E-state index is 12.9. The maximum Gasteiger partial charge on any atom is 0.236 e. The fourth-order valence-corrected chi connectivity index (χ4v) is 4.97. The predicted molar refractivity (Wildman–Crippen MR) is 104 cm³/mol. The summed E-state index contributed by atoms with van der Waals surface area (Å²) in [5.74, 6) is 0.920. The third kappa shape index (κ3) is 4.68. The molecular weight excluding hydrogens is 340 g/mol. The monoisotopic (exact) mass is 372 g/mol. The van der Waals surface area contributed by atoms with E-state index in [0.717, 1.165) is 45.0 Å². The number of pyridine rings is 1. The number of morpholine rings is 1. The molecular formula is C21H32N4O2. The Morgan fingerprint density at radius 2 is 1.93 bits per heavy atom.